The Bertz CT molecular complexity index is 484. The zero-order valence-electron chi connectivity index (χ0n) is 8.43. The second kappa shape index (κ2) is 3.21. The predicted octanol–water partition coefficient (Wildman–Crippen LogP) is 1.38. The van der Waals surface area contributed by atoms with Crippen molar-refractivity contribution in [1.29, 1.82) is 0 Å². The van der Waals surface area contributed by atoms with Gasteiger partial charge in [0.2, 0.25) is 0 Å². The summed E-state index contributed by atoms with van der Waals surface area (Å²) in [5, 5.41) is 1.21. The third-order valence-corrected chi connectivity index (χ3v) is 2.88. The fraction of sp³-hybridized carbons (Fsp3) is 0.250. The zero-order chi connectivity index (χ0) is 10.3. The van der Waals surface area contributed by atoms with E-state index in [1.165, 1.54) is 11.1 Å². The number of aromatic nitrogens is 1. The molecule has 0 bridgehead atoms. The van der Waals surface area contributed by atoms with Crippen molar-refractivity contribution in [2.45, 2.75) is 6.04 Å². The lowest BCUT2D eigenvalue weighted by molar-refractivity contribution is 0.521. The van der Waals surface area contributed by atoms with Crippen LogP contribution in [0.5, 0.6) is 0 Å². The average Bonchev–Trinajstić information content (AvgIpc) is 2.24. The minimum atomic E-state index is 0.330. The van der Waals surface area contributed by atoms with Crippen LogP contribution in [0.4, 0.5) is 5.69 Å². The van der Waals surface area contributed by atoms with Gasteiger partial charge in [0.15, 0.2) is 0 Å². The Morgan fingerprint density at radius 1 is 1.20 bits per heavy atom. The summed E-state index contributed by atoms with van der Waals surface area (Å²) < 4.78 is 0. The lowest BCUT2D eigenvalue weighted by Crippen LogP contribution is -2.55. The second-order valence-electron chi connectivity index (χ2n) is 4.01. The first kappa shape index (κ1) is 8.68. The van der Waals surface area contributed by atoms with Crippen LogP contribution in [0.25, 0.3) is 10.9 Å². The Hall–Kier alpha value is -1.61. The monoisotopic (exact) mass is 199 g/mol. The van der Waals surface area contributed by atoms with Crippen molar-refractivity contribution in [2.24, 2.45) is 5.73 Å². The van der Waals surface area contributed by atoms with E-state index < -0.39 is 0 Å². The van der Waals surface area contributed by atoms with Crippen molar-refractivity contribution >= 4 is 16.6 Å². The number of fused-ring (bicyclic) bond motifs is 1. The van der Waals surface area contributed by atoms with Crippen molar-refractivity contribution in [3.63, 3.8) is 0 Å². The molecular weight excluding hydrogens is 186 g/mol. The lowest BCUT2D eigenvalue weighted by atomic mass is 10.1. The summed E-state index contributed by atoms with van der Waals surface area (Å²) in [6.07, 6.45) is 1.86. The van der Waals surface area contributed by atoms with E-state index in [0.717, 1.165) is 18.6 Å². The van der Waals surface area contributed by atoms with Crippen LogP contribution in [-0.2, 0) is 0 Å². The molecule has 1 aliphatic rings. The van der Waals surface area contributed by atoms with Gasteiger partial charge in [-0.15, -0.1) is 0 Å². The number of benzene rings is 1. The molecule has 2 N–H and O–H groups in total. The molecule has 0 saturated carbocycles. The molecule has 0 aliphatic carbocycles. The normalized spacial score (nSPS) is 16.7. The molecule has 3 nitrogen and oxygen atoms in total. The molecule has 0 amide bonds. The van der Waals surface area contributed by atoms with Gasteiger partial charge in [0.25, 0.3) is 0 Å². The van der Waals surface area contributed by atoms with E-state index in [0.29, 0.717) is 6.04 Å². The van der Waals surface area contributed by atoms with Crippen molar-refractivity contribution in [3.05, 3.63) is 36.5 Å². The van der Waals surface area contributed by atoms with Gasteiger partial charge in [0, 0.05) is 36.4 Å². The Balaban J connectivity index is 2.10. The molecule has 3 rings (SSSR count). The quantitative estimate of drug-likeness (QED) is 0.754. The third-order valence-electron chi connectivity index (χ3n) is 2.88. The van der Waals surface area contributed by atoms with Crippen LogP contribution >= 0.6 is 0 Å². The van der Waals surface area contributed by atoms with Gasteiger partial charge in [-0.05, 0) is 12.1 Å². The number of hydrogen-bond donors (Lipinski definition) is 1. The summed E-state index contributed by atoms with van der Waals surface area (Å²) in [6.45, 7) is 1.90. The standard InChI is InChI=1S/C12H13N3/c13-9-7-15(8-9)12-5-6-14-11-4-2-1-3-10(11)12/h1-6,9H,7-8,13H2. The smallest absolute Gasteiger partial charge is 0.0722 e. The van der Waals surface area contributed by atoms with Crippen LogP contribution in [0, 0.1) is 0 Å². The summed E-state index contributed by atoms with van der Waals surface area (Å²) in [5.41, 5.74) is 8.10. The molecule has 1 aromatic carbocycles. The van der Waals surface area contributed by atoms with Gasteiger partial charge in [0.05, 0.1) is 5.52 Å². The number of nitrogens with zero attached hydrogens (tertiary/aromatic N) is 2. The van der Waals surface area contributed by atoms with Crippen molar-refractivity contribution < 1.29 is 0 Å². The zero-order valence-corrected chi connectivity index (χ0v) is 8.43. The van der Waals surface area contributed by atoms with Gasteiger partial charge >= 0.3 is 0 Å². The molecule has 0 spiro atoms. The molecule has 0 unspecified atom stereocenters. The van der Waals surface area contributed by atoms with E-state index in [9.17, 15) is 0 Å². The van der Waals surface area contributed by atoms with Crippen LogP contribution < -0.4 is 10.6 Å². The molecule has 1 fully saturated rings. The van der Waals surface area contributed by atoms with E-state index in [1.54, 1.807) is 0 Å². The van der Waals surface area contributed by atoms with Gasteiger partial charge in [-0.25, -0.2) is 0 Å². The second-order valence-corrected chi connectivity index (χ2v) is 4.01. The topological polar surface area (TPSA) is 42.1 Å². The largest absolute Gasteiger partial charge is 0.368 e. The molecular formula is C12H13N3. The highest BCUT2D eigenvalue weighted by Crippen LogP contribution is 2.27. The third kappa shape index (κ3) is 1.36. The Labute approximate surface area is 88.5 Å². The Kier molecular flexibility index (Phi) is 1.86. The highest BCUT2D eigenvalue weighted by molar-refractivity contribution is 5.91. The lowest BCUT2D eigenvalue weighted by Gasteiger charge is -2.39. The van der Waals surface area contributed by atoms with Gasteiger partial charge in [-0.1, -0.05) is 18.2 Å². The number of pyridine rings is 1. The van der Waals surface area contributed by atoms with Gasteiger partial charge in [0.1, 0.15) is 0 Å². The first-order valence-electron chi connectivity index (χ1n) is 5.19. The molecule has 76 valence electrons. The molecule has 2 heterocycles. The number of para-hydroxylation sites is 1. The van der Waals surface area contributed by atoms with Crippen molar-refractivity contribution in [1.82, 2.24) is 4.98 Å². The number of hydrogen-bond acceptors (Lipinski definition) is 3. The van der Waals surface area contributed by atoms with Crippen molar-refractivity contribution in [2.75, 3.05) is 18.0 Å². The number of rotatable bonds is 1. The highest BCUT2D eigenvalue weighted by Gasteiger charge is 2.24. The SMILES string of the molecule is NC1CN(c2ccnc3ccccc23)C1. The maximum absolute atomic E-state index is 5.79. The number of nitrogens with two attached hydrogens (primary N) is 1. The van der Waals surface area contributed by atoms with E-state index in [2.05, 4.69) is 22.0 Å². The van der Waals surface area contributed by atoms with E-state index in [1.807, 2.05) is 24.4 Å². The fourth-order valence-electron chi connectivity index (χ4n) is 2.07. The Morgan fingerprint density at radius 2 is 2.00 bits per heavy atom. The minimum Gasteiger partial charge on any atom is -0.368 e. The summed E-state index contributed by atoms with van der Waals surface area (Å²) in [4.78, 5) is 6.64. The first-order chi connectivity index (χ1) is 7.34. The molecule has 1 aliphatic heterocycles. The van der Waals surface area contributed by atoms with Crippen molar-refractivity contribution in [3.8, 4) is 0 Å². The molecule has 0 atom stereocenters. The fourth-order valence-corrected chi connectivity index (χ4v) is 2.07. The van der Waals surface area contributed by atoms with E-state index in [4.69, 9.17) is 5.73 Å². The van der Waals surface area contributed by atoms with Gasteiger partial charge < -0.3 is 10.6 Å². The van der Waals surface area contributed by atoms with E-state index in [-0.39, 0.29) is 0 Å². The number of anilines is 1. The molecule has 1 saturated heterocycles. The van der Waals surface area contributed by atoms with Crippen LogP contribution in [0.3, 0.4) is 0 Å². The maximum atomic E-state index is 5.79. The molecule has 0 radical (unpaired) electrons. The average molecular weight is 199 g/mol. The predicted molar refractivity (Wildman–Crippen MR) is 61.9 cm³/mol. The molecule has 2 aromatic rings. The minimum absolute atomic E-state index is 0.330. The summed E-state index contributed by atoms with van der Waals surface area (Å²) >= 11 is 0. The van der Waals surface area contributed by atoms with E-state index >= 15 is 0 Å². The van der Waals surface area contributed by atoms with Crippen LogP contribution in [0.1, 0.15) is 0 Å². The summed E-state index contributed by atoms with van der Waals surface area (Å²) in [5.74, 6) is 0. The first-order valence-corrected chi connectivity index (χ1v) is 5.19. The van der Waals surface area contributed by atoms with Crippen LogP contribution in [0.15, 0.2) is 36.5 Å². The molecule has 3 heteroatoms. The molecule has 1 aromatic heterocycles. The Morgan fingerprint density at radius 3 is 2.80 bits per heavy atom. The summed E-state index contributed by atoms with van der Waals surface area (Å²) in [7, 11) is 0. The maximum Gasteiger partial charge on any atom is 0.0722 e. The molecule has 15 heavy (non-hydrogen) atoms. The van der Waals surface area contributed by atoms with Gasteiger partial charge in [-0.2, -0.15) is 0 Å². The van der Waals surface area contributed by atoms with Crippen LogP contribution in [0.2, 0.25) is 0 Å². The van der Waals surface area contributed by atoms with Gasteiger partial charge in [-0.3, -0.25) is 4.98 Å². The highest BCUT2D eigenvalue weighted by atomic mass is 15.2. The van der Waals surface area contributed by atoms with Crippen LogP contribution in [-0.4, -0.2) is 24.1 Å². The summed E-state index contributed by atoms with van der Waals surface area (Å²) in [6, 6.07) is 10.6.